The number of hydrogen-bond acceptors (Lipinski definition) is 4. The van der Waals surface area contributed by atoms with Crippen LogP contribution in [0, 0.1) is 17.3 Å². The molecule has 4 heteroatoms. The Morgan fingerprint density at radius 3 is 2.24 bits per heavy atom. The first kappa shape index (κ1) is 26.2. The van der Waals surface area contributed by atoms with Crippen molar-refractivity contribution >= 4 is 5.78 Å². The Bertz CT molecular complexity index is 746. The molecule has 4 nitrogen and oxygen atoms in total. The van der Waals surface area contributed by atoms with Crippen LogP contribution in [0.2, 0.25) is 0 Å². The van der Waals surface area contributed by atoms with E-state index < -0.39 is 0 Å². The van der Waals surface area contributed by atoms with Gasteiger partial charge in [-0.2, -0.15) is 0 Å². The van der Waals surface area contributed by atoms with E-state index in [1.54, 1.807) is 7.11 Å². The fourth-order valence-corrected chi connectivity index (χ4v) is 6.22. The Morgan fingerprint density at radius 1 is 1.00 bits per heavy atom. The summed E-state index contributed by atoms with van der Waals surface area (Å²) in [7, 11) is 1.74. The zero-order chi connectivity index (χ0) is 23.8. The molecule has 3 fully saturated rings. The van der Waals surface area contributed by atoms with Crippen molar-refractivity contribution in [1.82, 2.24) is 0 Å². The summed E-state index contributed by atoms with van der Waals surface area (Å²) in [6, 6.07) is 6.61. The number of ketones is 1. The van der Waals surface area contributed by atoms with E-state index >= 15 is 0 Å². The zero-order valence-electron chi connectivity index (χ0n) is 21.7. The van der Waals surface area contributed by atoms with Gasteiger partial charge in [0.05, 0.1) is 7.11 Å². The zero-order valence-corrected chi connectivity index (χ0v) is 21.7. The molecule has 1 aromatic rings. The number of aryl methyl sites for hydroxylation is 1. The summed E-state index contributed by atoms with van der Waals surface area (Å²) < 4.78 is 15.5. The van der Waals surface area contributed by atoms with Gasteiger partial charge in [0, 0.05) is 25.0 Å². The van der Waals surface area contributed by atoms with Gasteiger partial charge in [-0.25, -0.2) is 0 Å². The van der Waals surface area contributed by atoms with Crippen molar-refractivity contribution in [2.45, 2.75) is 104 Å². The third-order valence-electron chi connectivity index (χ3n) is 8.45. The molecule has 1 aromatic carbocycles. The number of hydrogen-bond donors (Lipinski definition) is 0. The van der Waals surface area contributed by atoms with Crippen molar-refractivity contribution in [2.24, 2.45) is 17.3 Å². The molecule has 3 saturated carbocycles. The van der Waals surface area contributed by atoms with Gasteiger partial charge in [-0.1, -0.05) is 38.7 Å². The normalized spacial score (nSPS) is 29.4. The molecule has 0 saturated heterocycles. The van der Waals surface area contributed by atoms with Gasteiger partial charge in [-0.05, 0) is 93.9 Å². The second-order valence-corrected chi connectivity index (χ2v) is 10.3. The van der Waals surface area contributed by atoms with Crippen molar-refractivity contribution in [3.8, 4) is 5.75 Å². The lowest BCUT2D eigenvalue weighted by atomic mass is 9.55. The molecule has 5 rings (SSSR count). The van der Waals surface area contributed by atoms with Crippen LogP contribution in [-0.2, 0) is 20.7 Å². The van der Waals surface area contributed by atoms with Gasteiger partial charge in [0.15, 0.2) is 6.29 Å². The summed E-state index contributed by atoms with van der Waals surface area (Å²) in [6.45, 7) is 9.49. The predicted octanol–water partition coefficient (Wildman–Crippen LogP) is 7.09. The largest absolute Gasteiger partial charge is 0.497 e. The van der Waals surface area contributed by atoms with Crippen LogP contribution in [0.4, 0.5) is 0 Å². The maximum atomic E-state index is 12.3. The third kappa shape index (κ3) is 6.19. The van der Waals surface area contributed by atoms with Crippen LogP contribution >= 0.6 is 0 Å². The first-order chi connectivity index (χ1) is 15.9. The molecule has 33 heavy (non-hydrogen) atoms. The maximum Gasteiger partial charge on any atom is 0.154 e. The Kier molecular flexibility index (Phi) is 9.81. The summed E-state index contributed by atoms with van der Waals surface area (Å²) in [5.74, 6) is 3.52. The van der Waals surface area contributed by atoms with Crippen molar-refractivity contribution in [3.05, 3.63) is 29.3 Å². The van der Waals surface area contributed by atoms with E-state index in [0.29, 0.717) is 17.6 Å². The third-order valence-corrected chi connectivity index (χ3v) is 8.45. The summed E-state index contributed by atoms with van der Waals surface area (Å²) in [4.78, 5) is 12.3. The van der Waals surface area contributed by atoms with E-state index in [2.05, 4.69) is 25.1 Å². The highest BCUT2D eigenvalue weighted by molar-refractivity contribution is 5.87. The van der Waals surface area contributed by atoms with Crippen LogP contribution in [0.25, 0.3) is 0 Å². The molecule has 0 bridgehead atoms. The Labute approximate surface area is 201 Å². The van der Waals surface area contributed by atoms with E-state index in [1.165, 1.54) is 49.7 Å². The van der Waals surface area contributed by atoms with E-state index in [9.17, 15) is 4.79 Å². The van der Waals surface area contributed by atoms with Gasteiger partial charge in [0.1, 0.15) is 11.5 Å². The summed E-state index contributed by atoms with van der Waals surface area (Å²) >= 11 is 0. The van der Waals surface area contributed by atoms with Gasteiger partial charge in [-0.3, -0.25) is 4.79 Å². The molecule has 0 radical (unpaired) electrons. The summed E-state index contributed by atoms with van der Waals surface area (Å²) in [6.07, 6.45) is 12.6. The number of methoxy groups -OCH3 is 1. The predicted molar refractivity (Wildman–Crippen MR) is 134 cm³/mol. The fourth-order valence-electron chi connectivity index (χ4n) is 6.22. The van der Waals surface area contributed by atoms with E-state index in [4.69, 9.17) is 14.2 Å². The molecular weight excluding hydrogens is 412 g/mol. The monoisotopic (exact) mass is 458 g/mol. The Hall–Kier alpha value is -1.39. The number of rotatable bonds is 5. The number of carbonyl (C=O) groups excluding carboxylic acids is 1. The molecule has 0 heterocycles. The lowest BCUT2D eigenvalue weighted by molar-refractivity contribution is -0.129. The molecule has 0 aliphatic heterocycles. The average molecular weight is 459 g/mol. The van der Waals surface area contributed by atoms with E-state index in [0.717, 1.165) is 50.6 Å². The molecule has 0 amide bonds. The lowest BCUT2D eigenvalue weighted by Gasteiger charge is -2.48. The van der Waals surface area contributed by atoms with Crippen molar-refractivity contribution < 1.29 is 19.0 Å². The fraction of sp³-hybridized carbons (Fsp3) is 0.759. The minimum Gasteiger partial charge on any atom is -0.497 e. The number of benzene rings is 1. The van der Waals surface area contributed by atoms with Crippen LogP contribution in [0.5, 0.6) is 5.75 Å². The van der Waals surface area contributed by atoms with Gasteiger partial charge >= 0.3 is 0 Å². The Morgan fingerprint density at radius 2 is 1.67 bits per heavy atom. The topological polar surface area (TPSA) is 44.8 Å². The highest BCUT2D eigenvalue weighted by Crippen LogP contribution is 2.59. The SMILES string of the molecule is C1CCC1.CCOC(C)OCC.COc1ccc2c(c1)CC[C@@H]1[C@@H]2CC[C@]2(C)C(=O)CC[C@@H]12. The highest BCUT2D eigenvalue weighted by Gasteiger charge is 2.54. The molecule has 4 aliphatic rings. The standard InChI is InChI=1S/C19H24O2.C6H14O2.C4H8/c1-19-10-9-15-14-6-4-13(21-2)11-12(14)3-5-16(15)17(19)7-8-18(19)20;1-4-7-6(3)8-5-2;1-2-4-3-1/h4,6,11,15-17H,3,5,7-10H2,1-2H3;6H,4-5H2,1-3H3;1-4H2/t15-,16-,17+,19+;;/m1../s1. The van der Waals surface area contributed by atoms with Crippen LogP contribution in [-0.4, -0.2) is 32.4 Å². The lowest BCUT2D eigenvalue weighted by Crippen LogP contribution is -2.42. The average Bonchev–Trinajstić information content (AvgIpc) is 3.07. The van der Waals surface area contributed by atoms with Crippen molar-refractivity contribution in [1.29, 1.82) is 0 Å². The molecular formula is C29H46O4. The molecule has 186 valence electrons. The van der Waals surface area contributed by atoms with Crippen LogP contribution in [0.3, 0.4) is 0 Å². The summed E-state index contributed by atoms with van der Waals surface area (Å²) in [5.41, 5.74) is 3.00. The summed E-state index contributed by atoms with van der Waals surface area (Å²) in [5, 5.41) is 0. The molecule has 0 aromatic heterocycles. The molecule has 4 atom stereocenters. The Balaban J connectivity index is 0.000000212. The second kappa shape index (κ2) is 12.4. The van der Waals surface area contributed by atoms with Crippen LogP contribution in [0.1, 0.15) is 103 Å². The van der Waals surface area contributed by atoms with Gasteiger partial charge < -0.3 is 14.2 Å². The number of Topliss-reactive ketones (excluding diaryl/α,β-unsaturated/α-hetero) is 1. The van der Waals surface area contributed by atoms with Crippen LogP contribution < -0.4 is 4.74 Å². The molecule has 4 aliphatic carbocycles. The van der Waals surface area contributed by atoms with E-state index in [-0.39, 0.29) is 11.7 Å². The highest BCUT2D eigenvalue weighted by atomic mass is 16.7. The van der Waals surface area contributed by atoms with Crippen LogP contribution in [0.15, 0.2) is 18.2 Å². The second-order valence-electron chi connectivity index (χ2n) is 10.3. The van der Waals surface area contributed by atoms with Gasteiger partial charge in [0.2, 0.25) is 0 Å². The van der Waals surface area contributed by atoms with E-state index in [1.807, 2.05) is 20.8 Å². The van der Waals surface area contributed by atoms with Gasteiger partial charge in [-0.15, -0.1) is 0 Å². The van der Waals surface area contributed by atoms with Crippen molar-refractivity contribution in [2.75, 3.05) is 20.3 Å². The maximum absolute atomic E-state index is 12.3. The molecule has 0 unspecified atom stereocenters. The molecule has 0 spiro atoms. The minimum absolute atomic E-state index is 0.00879. The first-order valence-electron chi connectivity index (χ1n) is 13.4. The number of ether oxygens (including phenoxy) is 3. The van der Waals surface area contributed by atoms with Crippen molar-refractivity contribution in [3.63, 3.8) is 0 Å². The quantitative estimate of drug-likeness (QED) is 0.442. The molecule has 0 N–H and O–H groups in total. The van der Waals surface area contributed by atoms with Gasteiger partial charge in [0.25, 0.3) is 0 Å². The smallest absolute Gasteiger partial charge is 0.154 e. The number of carbonyl (C=O) groups is 1. The minimum atomic E-state index is -0.0370. The number of fused-ring (bicyclic) bond motifs is 5. The first-order valence-corrected chi connectivity index (χ1v) is 13.4.